The van der Waals surface area contributed by atoms with Crippen molar-refractivity contribution in [2.24, 2.45) is 5.16 Å². The van der Waals surface area contributed by atoms with Crippen molar-refractivity contribution in [1.29, 1.82) is 0 Å². The molecule has 3 rings (SSSR count). The first-order chi connectivity index (χ1) is 17.8. The van der Waals surface area contributed by atoms with E-state index in [0.29, 0.717) is 17.3 Å². The Hall–Kier alpha value is -1.61. The van der Waals surface area contributed by atoms with Gasteiger partial charge in [-0.05, 0) is 31.0 Å². The first-order valence-corrected chi connectivity index (χ1v) is 13.7. The van der Waals surface area contributed by atoms with Crippen LogP contribution >= 0.6 is 11.8 Å². The van der Waals surface area contributed by atoms with Crippen LogP contribution in [0.25, 0.3) is 0 Å². The smallest absolute Gasteiger partial charge is 0.462 e. The zero-order chi connectivity index (χ0) is 28.2. The molecule has 0 bridgehead atoms. The molecule has 17 heteroatoms. The number of rotatable bonds is 9. The maximum atomic E-state index is 11.0. The van der Waals surface area contributed by atoms with Gasteiger partial charge < -0.3 is 50.0 Å². The SMILES string of the molecule is C[C@H]1O[C@@H](Oc2ccc(CC/C(=N/OS(=O)(=O)O)S[C@@H]3O[C@H](CO)[C@@H](O)[C@H](O)[C@H]3O)cc2)[C@H](O)[C@@H](O)[C@@H]1O. The van der Waals surface area contributed by atoms with Crippen LogP contribution in [0.2, 0.25) is 0 Å². The molecule has 2 heterocycles. The number of oxime groups is 1. The number of benzene rings is 1. The van der Waals surface area contributed by atoms with Crippen LogP contribution in [0.5, 0.6) is 5.75 Å². The summed E-state index contributed by atoms with van der Waals surface area (Å²) in [4.78, 5) is 0. The second kappa shape index (κ2) is 13.2. The topological polar surface area (TPSA) is 245 Å². The van der Waals surface area contributed by atoms with Gasteiger partial charge in [0.15, 0.2) is 0 Å². The van der Waals surface area contributed by atoms with Crippen LogP contribution in [0.1, 0.15) is 18.9 Å². The lowest BCUT2D eigenvalue weighted by Crippen LogP contribution is -2.58. The Morgan fingerprint density at radius 2 is 1.58 bits per heavy atom. The van der Waals surface area contributed by atoms with Gasteiger partial charge in [0, 0.05) is 6.42 Å². The third-order valence-corrected chi connectivity index (χ3v) is 7.38. The zero-order valence-electron chi connectivity index (χ0n) is 20.0. The molecule has 10 atom stereocenters. The molecule has 15 nitrogen and oxygen atoms in total. The molecule has 8 N–H and O–H groups in total. The van der Waals surface area contributed by atoms with Crippen LogP contribution in [0.3, 0.4) is 0 Å². The summed E-state index contributed by atoms with van der Waals surface area (Å²) in [6.45, 7) is 0.859. The lowest BCUT2D eigenvalue weighted by molar-refractivity contribution is -0.268. The van der Waals surface area contributed by atoms with Gasteiger partial charge in [0.05, 0.1) is 12.7 Å². The van der Waals surface area contributed by atoms with Gasteiger partial charge >= 0.3 is 10.4 Å². The molecule has 0 aliphatic carbocycles. The predicted molar refractivity (Wildman–Crippen MR) is 129 cm³/mol. The first kappa shape index (κ1) is 30.9. The van der Waals surface area contributed by atoms with Crippen LogP contribution in [0.15, 0.2) is 29.4 Å². The van der Waals surface area contributed by atoms with Crippen molar-refractivity contribution in [3.8, 4) is 5.75 Å². The van der Waals surface area contributed by atoms with Crippen molar-refractivity contribution in [1.82, 2.24) is 0 Å². The summed E-state index contributed by atoms with van der Waals surface area (Å²) < 4.78 is 51.3. The highest BCUT2D eigenvalue weighted by molar-refractivity contribution is 8.14. The maximum Gasteiger partial charge on any atom is 0.466 e. The Balaban J connectivity index is 1.65. The Morgan fingerprint density at radius 1 is 0.947 bits per heavy atom. The summed E-state index contributed by atoms with van der Waals surface area (Å²) in [6.07, 6.45) is -12.0. The number of aryl methyl sites for hydroxylation is 1. The van der Waals surface area contributed by atoms with Crippen molar-refractivity contribution in [3.63, 3.8) is 0 Å². The number of aliphatic hydroxyl groups excluding tert-OH is 7. The minimum absolute atomic E-state index is 0.0153. The van der Waals surface area contributed by atoms with Gasteiger partial charge in [-0.1, -0.05) is 29.1 Å². The summed E-state index contributed by atoms with van der Waals surface area (Å²) in [5.41, 5.74) is -0.566. The second-order valence-corrected chi connectivity index (χ2v) is 10.9. The lowest BCUT2D eigenvalue weighted by Gasteiger charge is -2.39. The van der Waals surface area contributed by atoms with Crippen LogP contribution in [-0.4, -0.2) is 121 Å². The molecule has 38 heavy (non-hydrogen) atoms. The Labute approximate surface area is 222 Å². The average Bonchev–Trinajstić information content (AvgIpc) is 2.87. The Morgan fingerprint density at radius 3 is 2.18 bits per heavy atom. The van der Waals surface area contributed by atoms with Crippen molar-refractivity contribution in [2.75, 3.05) is 6.61 Å². The van der Waals surface area contributed by atoms with E-state index in [4.69, 9.17) is 18.8 Å². The summed E-state index contributed by atoms with van der Waals surface area (Å²) >= 11 is 0.668. The van der Waals surface area contributed by atoms with Gasteiger partial charge in [-0.15, -0.1) is 0 Å². The van der Waals surface area contributed by atoms with Gasteiger partial charge in [-0.2, -0.15) is 8.42 Å². The van der Waals surface area contributed by atoms with Crippen molar-refractivity contribution < 1.29 is 67.2 Å². The van der Waals surface area contributed by atoms with Crippen LogP contribution in [-0.2, 0) is 30.6 Å². The molecule has 0 aromatic heterocycles. The van der Waals surface area contributed by atoms with Gasteiger partial charge in [0.1, 0.15) is 59.0 Å². The van der Waals surface area contributed by atoms with E-state index in [1.807, 2.05) is 0 Å². The molecular weight excluding hydrogens is 554 g/mol. The highest BCUT2D eigenvalue weighted by atomic mass is 32.3. The monoisotopic (exact) mass is 585 g/mol. The van der Waals surface area contributed by atoms with Crippen LogP contribution in [0.4, 0.5) is 0 Å². The highest BCUT2D eigenvalue weighted by Gasteiger charge is 2.45. The molecule has 216 valence electrons. The fraction of sp³-hybridized carbons (Fsp3) is 0.667. The van der Waals surface area contributed by atoms with Gasteiger partial charge in [-0.3, -0.25) is 4.55 Å². The van der Waals surface area contributed by atoms with Gasteiger partial charge in [-0.25, -0.2) is 4.28 Å². The molecule has 2 fully saturated rings. The number of hydrogen-bond acceptors (Lipinski definition) is 15. The standard InChI is InChI=1S/C21H31NO14S2/c1-9-14(24)16(26)18(28)20(33-9)34-11-5-2-10(3-6-11)4-7-13(22-36-38(30,31)32)37-21-19(29)17(27)15(25)12(8-23)35-21/h2-3,5-6,9,12,14-21,23-29H,4,7-8H2,1H3,(H,30,31,32)/b22-13-/t9-,12-,14-,15-,16+,17+,18-,19-,20+,21+/m1/s1. The van der Waals surface area contributed by atoms with E-state index < -0.39 is 77.6 Å². The van der Waals surface area contributed by atoms with Crippen LogP contribution in [0, 0.1) is 0 Å². The molecule has 1 aromatic carbocycles. The van der Waals surface area contributed by atoms with E-state index in [0.717, 1.165) is 0 Å². The van der Waals surface area contributed by atoms with Crippen LogP contribution < -0.4 is 4.74 Å². The fourth-order valence-electron chi connectivity index (χ4n) is 3.74. The summed E-state index contributed by atoms with van der Waals surface area (Å²) in [5, 5.41) is 72.6. The molecule has 2 saturated heterocycles. The molecule has 2 aliphatic heterocycles. The number of thioether (sulfide) groups is 1. The minimum atomic E-state index is -4.94. The van der Waals surface area contributed by atoms with Gasteiger partial charge in [0.2, 0.25) is 6.29 Å². The Bertz CT molecular complexity index is 1040. The zero-order valence-corrected chi connectivity index (χ0v) is 21.6. The normalized spacial score (nSPS) is 36.6. The minimum Gasteiger partial charge on any atom is -0.462 e. The molecule has 2 aliphatic rings. The molecular formula is C21H31NO14S2. The summed E-state index contributed by atoms with van der Waals surface area (Å²) in [6, 6.07) is 6.37. The number of aliphatic hydroxyl groups is 7. The van der Waals surface area contributed by atoms with E-state index in [9.17, 15) is 44.2 Å². The van der Waals surface area contributed by atoms with E-state index >= 15 is 0 Å². The highest BCUT2D eigenvalue weighted by Crippen LogP contribution is 2.31. The third-order valence-electron chi connectivity index (χ3n) is 5.95. The van der Waals surface area contributed by atoms with Crippen molar-refractivity contribution in [3.05, 3.63) is 29.8 Å². The van der Waals surface area contributed by atoms with Crippen molar-refractivity contribution >= 4 is 27.2 Å². The van der Waals surface area contributed by atoms with E-state index in [2.05, 4.69) is 9.44 Å². The molecule has 0 saturated carbocycles. The number of ether oxygens (including phenoxy) is 3. The molecule has 0 amide bonds. The molecule has 1 aromatic rings. The van der Waals surface area contributed by atoms with E-state index in [-0.39, 0.29) is 23.6 Å². The van der Waals surface area contributed by atoms with E-state index in [1.165, 1.54) is 6.92 Å². The van der Waals surface area contributed by atoms with Gasteiger partial charge in [0.25, 0.3) is 0 Å². The largest absolute Gasteiger partial charge is 0.466 e. The quantitative estimate of drug-likeness (QED) is 0.0645. The lowest BCUT2D eigenvalue weighted by atomic mass is 10.00. The molecule has 0 spiro atoms. The summed E-state index contributed by atoms with van der Waals surface area (Å²) in [5.74, 6) is 0.285. The maximum absolute atomic E-state index is 11.0. The first-order valence-electron chi connectivity index (χ1n) is 11.5. The molecule has 0 radical (unpaired) electrons. The average molecular weight is 586 g/mol. The number of nitrogens with zero attached hydrogens (tertiary/aromatic N) is 1. The second-order valence-electron chi connectivity index (χ2n) is 8.75. The molecule has 0 unspecified atom stereocenters. The summed E-state index contributed by atoms with van der Waals surface area (Å²) in [7, 11) is -4.94. The fourth-order valence-corrected chi connectivity index (χ4v) is 5.04. The predicted octanol–water partition coefficient (Wildman–Crippen LogP) is -2.51. The van der Waals surface area contributed by atoms with Crippen molar-refractivity contribution in [2.45, 2.75) is 80.3 Å². The van der Waals surface area contributed by atoms with E-state index in [1.54, 1.807) is 24.3 Å². The third kappa shape index (κ3) is 7.96. The Kier molecular flexibility index (Phi) is 10.7. The number of hydrogen-bond donors (Lipinski definition) is 8.